The summed E-state index contributed by atoms with van der Waals surface area (Å²) in [6, 6.07) is 22.6. The zero-order chi connectivity index (χ0) is 22.2. The summed E-state index contributed by atoms with van der Waals surface area (Å²) in [5.74, 6) is -0.981. The third kappa shape index (κ3) is 6.17. The van der Waals surface area contributed by atoms with Gasteiger partial charge in [-0.05, 0) is 54.4 Å². The molecule has 0 aliphatic heterocycles. The van der Waals surface area contributed by atoms with Crippen LogP contribution < -0.4 is 16.2 Å². The summed E-state index contributed by atoms with van der Waals surface area (Å²) in [5, 5.41) is 0. The molecule has 31 heavy (non-hydrogen) atoms. The molecule has 0 radical (unpaired) electrons. The van der Waals surface area contributed by atoms with E-state index in [0.29, 0.717) is 17.0 Å². The molecule has 158 valence electrons. The third-order valence-corrected chi connectivity index (χ3v) is 4.53. The highest BCUT2D eigenvalue weighted by molar-refractivity contribution is 5.91. The predicted octanol–water partition coefficient (Wildman–Crippen LogP) is 3.66. The van der Waals surface area contributed by atoms with Gasteiger partial charge in [0, 0.05) is 0 Å². The average Bonchev–Trinajstić information content (AvgIpc) is 2.78. The maximum atomic E-state index is 12.3. The normalized spacial score (nSPS) is 11.3. The fraction of sp³-hybridized carbons (Fsp3) is 0.125. The fourth-order valence-corrected chi connectivity index (χ4v) is 2.80. The van der Waals surface area contributed by atoms with E-state index in [0.717, 1.165) is 11.1 Å². The first-order valence-electron chi connectivity index (χ1n) is 9.65. The van der Waals surface area contributed by atoms with Crippen molar-refractivity contribution in [3.8, 4) is 5.75 Å². The van der Waals surface area contributed by atoms with Crippen LogP contribution in [0.25, 0.3) is 0 Å². The van der Waals surface area contributed by atoms with Crippen molar-refractivity contribution in [2.24, 2.45) is 16.5 Å². The Labute approximate surface area is 180 Å². The molecule has 0 amide bonds. The molecule has 0 aliphatic carbocycles. The number of hydrogen-bond donors (Lipinski definition) is 2. The molecular weight excluding hydrogens is 394 g/mol. The van der Waals surface area contributed by atoms with E-state index in [2.05, 4.69) is 4.99 Å². The highest BCUT2D eigenvalue weighted by atomic mass is 16.5. The smallest absolute Gasteiger partial charge is 0.343 e. The van der Waals surface area contributed by atoms with Crippen molar-refractivity contribution in [2.45, 2.75) is 19.4 Å². The summed E-state index contributed by atoms with van der Waals surface area (Å²) in [7, 11) is 0. The number of aliphatic imine (C=N–C) groups is 1. The van der Waals surface area contributed by atoms with Gasteiger partial charge in [-0.25, -0.2) is 9.79 Å². The van der Waals surface area contributed by atoms with Crippen molar-refractivity contribution in [1.82, 2.24) is 0 Å². The van der Waals surface area contributed by atoms with Crippen LogP contribution in [0.1, 0.15) is 34.3 Å². The number of carbonyl (C=O) groups is 2. The molecule has 0 bridgehead atoms. The second kappa shape index (κ2) is 10.1. The first-order valence-corrected chi connectivity index (χ1v) is 9.65. The van der Waals surface area contributed by atoms with Crippen molar-refractivity contribution in [2.75, 3.05) is 0 Å². The van der Waals surface area contributed by atoms with Crippen LogP contribution in [0.4, 0.5) is 5.69 Å². The Morgan fingerprint density at radius 2 is 1.55 bits per heavy atom. The maximum Gasteiger partial charge on any atom is 0.343 e. The van der Waals surface area contributed by atoms with E-state index in [9.17, 15) is 9.59 Å². The molecule has 0 spiro atoms. The van der Waals surface area contributed by atoms with Crippen LogP contribution in [0, 0.1) is 0 Å². The summed E-state index contributed by atoms with van der Waals surface area (Å²) < 4.78 is 10.8. The van der Waals surface area contributed by atoms with E-state index in [1.165, 1.54) is 0 Å². The first kappa shape index (κ1) is 21.6. The van der Waals surface area contributed by atoms with Crippen molar-refractivity contribution in [3.63, 3.8) is 0 Å². The number of guanidine groups is 1. The summed E-state index contributed by atoms with van der Waals surface area (Å²) in [6.45, 7) is 1.99. The quantitative estimate of drug-likeness (QED) is 0.262. The lowest BCUT2D eigenvalue weighted by Crippen LogP contribution is -2.21. The molecule has 0 saturated carbocycles. The lowest BCUT2D eigenvalue weighted by atomic mass is 10.0. The van der Waals surface area contributed by atoms with E-state index in [4.69, 9.17) is 20.9 Å². The second-order valence-electron chi connectivity index (χ2n) is 6.86. The van der Waals surface area contributed by atoms with Gasteiger partial charge < -0.3 is 20.9 Å². The number of rotatable bonds is 7. The zero-order valence-corrected chi connectivity index (χ0v) is 17.0. The molecule has 0 saturated heterocycles. The number of carbonyl (C=O) groups excluding carboxylic acids is 2. The van der Waals surface area contributed by atoms with E-state index >= 15 is 0 Å². The monoisotopic (exact) mass is 417 g/mol. The molecule has 1 atom stereocenters. The zero-order valence-electron chi connectivity index (χ0n) is 17.0. The Balaban J connectivity index is 1.57. The van der Waals surface area contributed by atoms with Crippen molar-refractivity contribution < 1.29 is 19.1 Å². The first-order chi connectivity index (χ1) is 14.9. The molecule has 0 aromatic heterocycles. The maximum absolute atomic E-state index is 12.3. The van der Waals surface area contributed by atoms with Crippen LogP contribution in [-0.2, 0) is 16.1 Å². The van der Waals surface area contributed by atoms with Crippen LogP contribution in [-0.4, -0.2) is 17.9 Å². The van der Waals surface area contributed by atoms with Crippen LogP contribution in [0.5, 0.6) is 5.75 Å². The second-order valence-corrected chi connectivity index (χ2v) is 6.86. The summed E-state index contributed by atoms with van der Waals surface area (Å²) >= 11 is 0. The predicted molar refractivity (Wildman–Crippen MR) is 118 cm³/mol. The van der Waals surface area contributed by atoms with Crippen molar-refractivity contribution in [3.05, 3.63) is 95.6 Å². The Kier molecular flexibility index (Phi) is 7.01. The van der Waals surface area contributed by atoms with E-state index in [1.807, 2.05) is 30.3 Å². The number of nitrogens with zero attached hydrogens (tertiary/aromatic N) is 1. The van der Waals surface area contributed by atoms with Crippen LogP contribution in [0.15, 0.2) is 83.9 Å². The van der Waals surface area contributed by atoms with Gasteiger partial charge in [0.15, 0.2) is 5.96 Å². The Morgan fingerprint density at radius 3 is 2.16 bits per heavy atom. The van der Waals surface area contributed by atoms with Crippen molar-refractivity contribution in [1.29, 1.82) is 0 Å². The molecule has 4 N–H and O–H groups in total. The number of hydrogen-bond acceptors (Lipinski definition) is 5. The van der Waals surface area contributed by atoms with Gasteiger partial charge in [0.2, 0.25) is 0 Å². The molecular formula is C24H23N3O4. The van der Waals surface area contributed by atoms with Gasteiger partial charge in [-0.1, -0.05) is 42.5 Å². The lowest BCUT2D eigenvalue weighted by Gasteiger charge is -2.12. The van der Waals surface area contributed by atoms with E-state index in [-0.39, 0.29) is 18.5 Å². The molecule has 0 fully saturated rings. The van der Waals surface area contributed by atoms with Gasteiger partial charge in [0.25, 0.3) is 0 Å². The van der Waals surface area contributed by atoms with Gasteiger partial charge in [0.1, 0.15) is 12.4 Å². The highest BCUT2D eigenvalue weighted by Crippen LogP contribution is 2.22. The molecule has 3 rings (SSSR count). The van der Waals surface area contributed by atoms with Gasteiger partial charge >= 0.3 is 11.9 Å². The molecule has 7 nitrogen and oxygen atoms in total. The van der Waals surface area contributed by atoms with Crippen LogP contribution >= 0.6 is 0 Å². The summed E-state index contributed by atoms with van der Waals surface area (Å²) in [4.78, 5) is 28.5. The minimum Gasteiger partial charge on any atom is -0.460 e. The highest BCUT2D eigenvalue weighted by Gasteiger charge is 2.17. The van der Waals surface area contributed by atoms with Gasteiger partial charge in [-0.2, -0.15) is 0 Å². The van der Waals surface area contributed by atoms with E-state index in [1.54, 1.807) is 55.5 Å². The van der Waals surface area contributed by atoms with Gasteiger partial charge in [0.05, 0.1) is 17.2 Å². The fourth-order valence-electron chi connectivity index (χ4n) is 2.80. The molecule has 3 aromatic carbocycles. The van der Waals surface area contributed by atoms with Gasteiger partial charge in [-0.15, -0.1) is 0 Å². The minimum atomic E-state index is -0.515. The Morgan fingerprint density at radius 1 is 0.903 bits per heavy atom. The van der Waals surface area contributed by atoms with Crippen LogP contribution in [0.3, 0.4) is 0 Å². The third-order valence-electron chi connectivity index (χ3n) is 4.53. The Hall–Kier alpha value is -4.13. The molecule has 3 aromatic rings. The summed E-state index contributed by atoms with van der Waals surface area (Å²) in [6.07, 6.45) is 0. The van der Waals surface area contributed by atoms with Crippen molar-refractivity contribution >= 4 is 23.6 Å². The molecule has 0 aliphatic rings. The average molecular weight is 417 g/mol. The minimum absolute atomic E-state index is 0.0615. The number of esters is 2. The number of benzene rings is 3. The molecule has 1 unspecified atom stereocenters. The lowest BCUT2D eigenvalue weighted by molar-refractivity contribution is -0.146. The Bertz CT molecular complexity index is 1060. The van der Waals surface area contributed by atoms with Gasteiger partial charge in [-0.3, -0.25) is 4.79 Å². The number of nitrogens with two attached hydrogens (primary N) is 2. The van der Waals surface area contributed by atoms with Crippen LogP contribution in [0.2, 0.25) is 0 Å². The molecule has 7 heteroatoms. The standard InChI is InChI=1S/C24H23N3O4/c1-16(22(28)30-15-17-5-3-2-4-6-17)18-9-13-21(14-10-18)31-23(29)19-7-11-20(12-8-19)27-24(25)26/h2-14,16H,15H2,1H3,(H4,25,26,27). The SMILES string of the molecule is CC(C(=O)OCc1ccccc1)c1ccc(OC(=O)c2ccc(N=C(N)N)cc2)cc1. The summed E-state index contributed by atoms with van der Waals surface area (Å²) in [5.41, 5.74) is 13.2. The number of ether oxygens (including phenoxy) is 2. The topological polar surface area (TPSA) is 117 Å². The molecule has 0 heterocycles. The largest absolute Gasteiger partial charge is 0.460 e. The van der Waals surface area contributed by atoms with E-state index < -0.39 is 11.9 Å².